The minimum absolute atomic E-state index is 0.0640. The number of sulfonamides is 1. The number of ether oxygens (including phenoxy) is 2. The highest BCUT2D eigenvalue weighted by atomic mass is 32.2. The molecule has 1 heterocycles. The summed E-state index contributed by atoms with van der Waals surface area (Å²) in [4.78, 5) is 12.0. The van der Waals surface area contributed by atoms with Crippen molar-refractivity contribution in [2.75, 3.05) is 13.7 Å². The van der Waals surface area contributed by atoms with Gasteiger partial charge >= 0.3 is 12.1 Å². The fourth-order valence-corrected chi connectivity index (χ4v) is 5.56. The first kappa shape index (κ1) is 30.5. The van der Waals surface area contributed by atoms with Crippen LogP contribution in [-0.4, -0.2) is 43.8 Å². The van der Waals surface area contributed by atoms with Crippen molar-refractivity contribution in [1.82, 2.24) is 9.29 Å². The number of benzene rings is 3. The number of aromatic nitrogens is 1. The number of nitrogens with zero attached hydrogens (tertiary/aromatic N) is 1. The van der Waals surface area contributed by atoms with Gasteiger partial charge in [0.15, 0.2) is 0 Å². The number of carbonyl (C=O) groups is 1. The van der Waals surface area contributed by atoms with Crippen molar-refractivity contribution in [2.45, 2.75) is 37.0 Å². The van der Waals surface area contributed by atoms with E-state index in [0.29, 0.717) is 33.5 Å². The fraction of sp³-hybridized carbons (Fsp3) is 0.233. The van der Waals surface area contributed by atoms with E-state index in [-0.39, 0.29) is 24.5 Å². The van der Waals surface area contributed by atoms with Crippen molar-refractivity contribution in [2.24, 2.45) is 0 Å². The number of nitrogens with one attached hydrogen (secondary N) is 1. The summed E-state index contributed by atoms with van der Waals surface area (Å²) in [6.45, 7) is 1.86. The third-order valence-electron chi connectivity index (χ3n) is 6.42. The minimum Gasteiger partial charge on any atom is -0.497 e. The van der Waals surface area contributed by atoms with Crippen LogP contribution in [0.1, 0.15) is 23.6 Å². The molecule has 8 nitrogen and oxygen atoms in total. The molecule has 4 rings (SSSR count). The zero-order chi connectivity index (χ0) is 30.5. The molecule has 0 saturated carbocycles. The Morgan fingerprint density at radius 3 is 2.43 bits per heavy atom. The molecule has 1 aromatic heterocycles. The third-order valence-corrected chi connectivity index (χ3v) is 7.91. The van der Waals surface area contributed by atoms with Crippen LogP contribution in [0.3, 0.4) is 0 Å². The van der Waals surface area contributed by atoms with Crippen molar-refractivity contribution in [1.29, 1.82) is 0 Å². The van der Waals surface area contributed by atoms with E-state index in [2.05, 4.69) is 16.6 Å². The predicted molar refractivity (Wildman–Crippen MR) is 150 cm³/mol. The SMILES string of the molecule is CC#CCOc1ccc(S(=O)(=O)N[C@@H](Cc2cn(Cc3cccc(C(F)(F)F)c3)c3ccc(OC)cc23)C(=O)O)cc1. The van der Waals surface area contributed by atoms with Gasteiger partial charge in [-0.15, -0.1) is 5.92 Å². The first-order valence-corrected chi connectivity index (χ1v) is 14.1. The van der Waals surface area contributed by atoms with Gasteiger partial charge in [0, 0.05) is 30.1 Å². The zero-order valence-electron chi connectivity index (χ0n) is 22.6. The van der Waals surface area contributed by atoms with Gasteiger partial charge in [0.25, 0.3) is 0 Å². The fourth-order valence-electron chi connectivity index (χ4n) is 4.37. The quantitative estimate of drug-likeness (QED) is 0.232. The van der Waals surface area contributed by atoms with Gasteiger partial charge in [-0.25, -0.2) is 8.42 Å². The Kier molecular flexibility index (Phi) is 9.14. The lowest BCUT2D eigenvalue weighted by molar-refractivity contribution is -0.139. The molecule has 12 heteroatoms. The van der Waals surface area contributed by atoms with Crippen LogP contribution in [0.5, 0.6) is 11.5 Å². The summed E-state index contributed by atoms with van der Waals surface area (Å²) in [5.41, 5.74) is 0.673. The van der Waals surface area contributed by atoms with Gasteiger partial charge in [-0.2, -0.15) is 17.9 Å². The lowest BCUT2D eigenvalue weighted by Gasteiger charge is -2.15. The molecule has 0 aliphatic rings. The van der Waals surface area contributed by atoms with Gasteiger partial charge < -0.3 is 19.1 Å². The number of rotatable bonds is 11. The van der Waals surface area contributed by atoms with Gasteiger partial charge in [0.05, 0.1) is 17.6 Å². The van der Waals surface area contributed by atoms with Gasteiger partial charge in [0.2, 0.25) is 10.0 Å². The largest absolute Gasteiger partial charge is 0.497 e. The van der Waals surface area contributed by atoms with E-state index in [1.54, 1.807) is 42.0 Å². The number of hydrogen-bond donors (Lipinski definition) is 2. The highest BCUT2D eigenvalue weighted by Crippen LogP contribution is 2.31. The van der Waals surface area contributed by atoms with Crippen LogP contribution in [0.15, 0.2) is 77.8 Å². The molecule has 2 N–H and O–H groups in total. The number of carboxylic acids is 1. The van der Waals surface area contributed by atoms with Crippen LogP contribution in [0.25, 0.3) is 10.9 Å². The Morgan fingerprint density at radius 2 is 1.79 bits per heavy atom. The molecular formula is C30H27F3N2O6S. The average molecular weight is 601 g/mol. The van der Waals surface area contributed by atoms with Crippen molar-refractivity contribution in [3.63, 3.8) is 0 Å². The normalized spacial score (nSPS) is 12.4. The van der Waals surface area contributed by atoms with Gasteiger partial charge in [-0.1, -0.05) is 18.1 Å². The van der Waals surface area contributed by atoms with Crippen LogP contribution >= 0.6 is 0 Å². The molecule has 0 fully saturated rings. The van der Waals surface area contributed by atoms with E-state index in [4.69, 9.17) is 9.47 Å². The molecule has 0 bridgehead atoms. The summed E-state index contributed by atoms with van der Waals surface area (Å²) in [5, 5.41) is 10.5. The molecule has 4 aromatic rings. The molecule has 0 spiro atoms. The molecule has 0 radical (unpaired) electrons. The number of aliphatic carboxylic acids is 1. The Balaban J connectivity index is 1.63. The predicted octanol–water partition coefficient (Wildman–Crippen LogP) is 5.09. The van der Waals surface area contributed by atoms with Crippen LogP contribution in [-0.2, 0) is 34.0 Å². The number of fused-ring (bicyclic) bond motifs is 1. The molecule has 220 valence electrons. The number of halogens is 3. The van der Waals surface area contributed by atoms with Gasteiger partial charge in [-0.05, 0) is 72.6 Å². The van der Waals surface area contributed by atoms with E-state index in [9.17, 15) is 31.5 Å². The number of carboxylic acid groups (broad SMARTS) is 1. The van der Waals surface area contributed by atoms with Crippen molar-refractivity contribution < 1.29 is 41.0 Å². The lowest BCUT2D eigenvalue weighted by atomic mass is 10.1. The highest BCUT2D eigenvalue weighted by Gasteiger charge is 2.31. The molecule has 3 aromatic carbocycles. The summed E-state index contributed by atoms with van der Waals surface area (Å²) < 4.78 is 80.6. The first-order valence-electron chi connectivity index (χ1n) is 12.6. The first-order chi connectivity index (χ1) is 19.9. The smallest absolute Gasteiger partial charge is 0.416 e. The Labute approximate surface area is 240 Å². The average Bonchev–Trinajstić information content (AvgIpc) is 3.28. The monoisotopic (exact) mass is 600 g/mol. The summed E-state index contributed by atoms with van der Waals surface area (Å²) in [6.07, 6.45) is -3.14. The van der Waals surface area contributed by atoms with E-state index in [0.717, 1.165) is 12.1 Å². The van der Waals surface area contributed by atoms with Crippen LogP contribution < -0.4 is 14.2 Å². The summed E-state index contributed by atoms with van der Waals surface area (Å²) in [5.74, 6) is 4.87. The molecular weight excluding hydrogens is 573 g/mol. The van der Waals surface area contributed by atoms with Crippen LogP contribution in [0.4, 0.5) is 13.2 Å². The second-order valence-corrected chi connectivity index (χ2v) is 11.0. The van der Waals surface area contributed by atoms with E-state index < -0.39 is 33.8 Å². The van der Waals surface area contributed by atoms with Crippen molar-refractivity contribution in [3.05, 3.63) is 89.6 Å². The molecule has 0 amide bonds. The van der Waals surface area contributed by atoms with Crippen LogP contribution in [0.2, 0.25) is 0 Å². The van der Waals surface area contributed by atoms with Crippen molar-refractivity contribution >= 4 is 26.9 Å². The summed E-state index contributed by atoms with van der Waals surface area (Å²) >= 11 is 0. The topological polar surface area (TPSA) is 107 Å². The minimum atomic E-state index is -4.50. The van der Waals surface area contributed by atoms with Gasteiger partial charge in [0.1, 0.15) is 24.1 Å². The summed E-state index contributed by atoms with van der Waals surface area (Å²) in [7, 11) is -2.79. The Hall–Kier alpha value is -4.47. The van der Waals surface area contributed by atoms with Crippen LogP contribution in [0, 0.1) is 11.8 Å². The second-order valence-electron chi connectivity index (χ2n) is 9.27. The summed E-state index contributed by atoms with van der Waals surface area (Å²) in [6, 6.07) is 13.9. The highest BCUT2D eigenvalue weighted by molar-refractivity contribution is 7.89. The standard InChI is InChI=1S/C30H27F3N2O6S/c1-3-4-14-41-23-8-11-25(12-9-23)42(38,39)34-27(29(36)37)16-21-19-35(28-13-10-24(40-2)17-26(21)28)18-20-6-5-7-22(15-20)30(31,32)33/h5-13,15,17,19,27,34H,14,16,18H2,1-2H3,(H,36,37)/t27-/m0/s1. The molecule has 0 aliphatic carbocycles. The number of hydrogen-bond acceptors (Lipinski definition) is 5. The Bertz CT molecular complexity index is 1750. The van der Waals surface area contributed by atoms with E-state index in [1.807, 2.05) is 0 Å². The molecule has 0 saturated heterocycles. The number of methoxy groups -OCH3 is 1. The molecule has 0 aliphatic heterocycles. The molecule has 0 unspecified atom stereocenters. The lowest BCUT2D eigenvalue weighted by Crippen LogP contribution is -2.42. The zero-order valence-corrected chi connectivity index (χ0v) is 23.4. The van der Waals surface area contributed by atoms with Gasteiger partial charge in [-0.3, -0.25) is 4.79 Å². The molecule has 1 atom stereocenters. The second kappa shape index (κ2) is 12.6. The maximum Gasteiger partial charge on any atom is 0.416 e. The molecule has 42 heavy (non-hydrogen) atoms. The maximum absolute atomic E-state index is 13.3. The number of alkyl halides is 3. The van der Waals surface area contributed by atoms with Crippen molar-refractivity contribution in [3.8, 4) is 23.3 Å². The maximum atomic E-state index is 13.3. The third kappa shape index (κ3) is 7.23. The Morgan fingerprint density at radius 1 is 1.07 bits per heavy atom. The van der Waals surface area contributed by atoms with E-state index in [1.165, 1.54) is 37.4 Å². The van der Waals surface area contributed by atoms with E-state index >= 15 is 0 Å².